The molecule has 0 saturated carbocycles. The molecule has 0 aliphatic rings. The van der Waals surface area contributed by atoms with Crippen LogP contribution in [0.4, 0.5) is 5.69 Å². The molecule has 1 amide bonds. The van der Waals surface area contributed by atoms with Gasteiger partial charge in [0.1, 0.15) is 6.54 Å². The van der Waals surface area contributed by atoms with Crippen molar-refractivity contribution in [3.63, 3.8) is 0 Å². The smallest absolute Gasteiger partial charge is 0.246 e. The number of guanidine groups is 1. The monoisotopic (exact) mass is 328 g/mol. The minimum absolute atomic E-state index is 0.0601. The molecule has 0 unspecified atom stereocenters. The third kappa shape index (κ3) is 8.23. The normalized spacial score (nSPS) is 10.8. The first-order valence-electron chi connectivity index (χ1n) is 8.58. The lowest BCUT2D eigenvalue weighted by Gasteiger charge is -2.11. The minimum Gasteiger partial charge on any atom is -0.357 e. The maximum atomic E-state index is 12.0. The van der Waals surface area contributed by atoms with Crippen molar-refractivity contribution in [3.05, 3.63) is 29.8 Å². The molecule has 0 aromatic heterocycles. The quantitative estimate of drug-likeness (QED) is 0.283. The number of amides is 1. The molecule has 3 N–H and O–H groups in total. The Labute approximate surface area is 145 Å². The molecule has 0 fully saturated rings. The van der Waals surface area contributed by atoms with E-state index in [1.807, 2.05) is 19.1 Å². The Kier molecular flexibility index (Phi) is 9.79. The molecule has 5 heteroatoms. The van der Waals surface area contributed by atoms with Crippen molar-refractivity contribution in [1.29, 1.82) is 0 Å². The molecule has 1 rings (SSSR count). The van der Waals surface area contributed by atoms with Gasteiger partial charge in [0.25, 0.3) is 0 Å². The van der Waals surface area contributed by atoms with Crippen molar-refractivity contribution in [2.24, 2.45) is 4.99 Å². The molecule has 0 atom stereocenters. The maximum Gasteiger partial charge on any atom is 0.246 e. The molecule has 0 aliphatic carbocycles. The van der Waals surface area contributed by atoms with E-state index < -0.39 is 0 Å². The fourth-order valence-corrected chi connectivity index (χ4v) is 2.14. The summed E-state index contributed by atoms with van der Waals surface area (Å²) in [6.45, 7) is 5.87. The van der Waals surface area contributed by atoms with Gasteiger partial charge in [0, 0.05) is 24.3 Å². The minimum atomic E-state index is -0.174. The van der Waals surface area contributed by atoms with E-state index in [0.29, 0.717) is 11.6 Å². The molecule has 130 valence electrons. The molecule has 0 radical (unpaired) electrons. The molecule has 5 nitrogen and oxygen atoms in total. The molecular weight excluding hydrogens is 300 g/mol. The summed E-state index contributed by atoms with van der Waals surface area (Å²) in [7, 11) is 0. The Morgan fingerprint density at radius 1 is 1.21 bits per heavy atom. The molecule has 0 heterocycles. The van der Waals surface area contributed by atoms with Crippen molar-refractivity contribution in [3.8, 4) is 12.3 Å². The van der Waals surface area contributed by atoms with Crippen LogP contribution in [0.2, 0.25) is 0 Å². The summed E-state index contributed by atoms with van der Waals surface area (Å²) in [5, 5.41) is 9.19. The first kappa shape index (κ1) is 19.6. The molecular formula is C19H28N4O. The fraction of sp³-hybridized carbons (Fsp3) is 0.474. The predicted molar refractivity (Wildman–Crippen MR) is 101 cm³/mol. The molecule has 0 saturated heterocycles. The van der Waals surface area contributed by atoms with Crippen molar-refractivity contribution in [2.75, 3.05) is 25.0 Å². The highest BCUT2D eigenvalue weighted by Crippen LogP contribution is 2.09. The summed E-state index contributed by atoms with van der Waals surface area (Å²) in [5.74, 6) is 3.04. The van der Waals surface area contributed by atoms with Crippen LogP contribution in [0.1, 0.15) is 45.1 Å². The predicted octanol–water partition coefficient (Wildman–Crippen LogP) is 2.74. The first-order valence-corrected chi connectivity index (χ1v) is 8.58. The molecule has 1 aromatic rings. The Balaban J connectivity index is 2.46. The molecule has 0 bridgehead atoms. The van der Waals surface area contributed by atoms with Crippen LogP contribution < -0.4 is 16.0 Å². The lowest BCUT2D eigenvalue weighted by molar-refractivity contribution is -0.114. The Morgan fingerprint density at radius 3 is 2.75 bits per heavy atom. The summed E-state index contributed by atoms with van der Waals surface area (Å²) in [4.78, 5) is 16.3. The van der Waals surface area contributed by atoms with Crippen LogP contribution in [-0.2, 0) is 4.79 Å². The molecule has 24 heavy (non-hydrogen) atoms. The van der Waals surface area contributed by atoms with Gasteiger partial charge in [-0.25, -0.2) is 4.99 Å². The van der Waals surface area contributed by atoms with E-state index in [9.17, 15) is 4.79 Å². The van der Waals surface area contributed by atoms with E-state index in [1.165, 1.54) is 19.3 Å². The van der Waals surface area contributed by atoms with Crippen LogP contribution in [0, 0.1) is 12.3 Å². The second-order valence-corrected chi connectivity index (χ2v) is 5.46. The van der Waals surface area contributed by atoms with E-state index in [-0.39, 0.29) is 12.5 Å². The third-order valence-corrected chi connectivity index (χ3v) is 3.36. The standard InChI is InChI=1S/C19H28N4O/c1-4-7-8-9-13-21-19(20-6-3)22-15-18(24)23-17-12-10-11-16(5-2)14-17/h2,10-12,14H,4,6-9,13,15H2,1,3H3,(H,23,24)(H2,20,21,22). The van der Waals surface area contributed by atoms with Crippen LogP contribution in [0.25, 0.3) is 0 Å². The highest BCUT2D eigenvalue weighted by atomic mass is 16.1. The second kappa shape index (κ2) is 12.0. The van der Waals surface area contributed by atoms with Gasteiger partial charge in [0.05, 0.1) is 0 Å². The molecule has 0 aliphatic heterocycles. The highest BCUT2D eigenvalue weighted by Gasteiger charge is 2.03. The van der Waals surface area contributed by atoms with Gasteiger partial charge < -0.3 is 16.0 Å². The van der Waals surface area contributed by atoms with Crippen LogP contribution in [-0.4, -0.2) is 31.5 Å². The summed E-state index contributed by atoms with van der Waals surface area (Å²) < 4.78 is 0. The number of hydrogen-bond acceptors (Lipinski definition) is 2. The molecule has 0 spiro atoms. The number of hydrogen-bond donors (Lipinski definition) is 3. The summed E-state index contributed by atoms with van der Waals surface area (Å²) in [6, 6.07) is 7.20. The van der Waals surface area contributed by atoms with Gasteiger partial charge in [-0.15, -0.1) is 6.42 Å². The van der Waals surface area contributed by atoms with Crippen LogP contribution in [0.5, 0.6) is 0 Å². The van der Waals surface area contributed by atoms with Gasteiger partial charge in [-0.05, 0) is 31.5 Å². The lowest BCUT2D eigenvalue weighted by Crippen LogP contribution is -2.38. The Hall–Kier alpha value is -2.48. The van der Waals surface area contributed by atoms with Crippen molar-refractivity contribution >= 4 is 17.6 Å². The lowest BCUT2D eigenvalue weighted by atomic mass is 10.2. The van der Waals surface area contributed by atoms with Gasteiger partial charge in [-0.3, -0.25) is 4.79 Å². The number of unbranched alkanes of at least 4 members (excludes halogenated alkanes) is 3. The fourth-order valence-electron chi connectivity index (χ4n) is 2.14. The van der Waals surface area contributed by atoms with Gasteiger partial charge in [-0.1, -0.05) is 38.2 Å². The number of anilines is 1. The van der Waals surface area contributed by atoms with Gasteiger partial charge in [-0.2, -0.15) is 0 Å². The van der Waals surface area contributed by atoms with Crippen LogP contribution >= 0.6 is 0 Å². The Bertz CT molecular complexity index is 575. The number of carbonyl (C=O) groups excluding carboxylic acids is 1. The second-order valence-electron chi connectivity index (χ2n) is 5.46. The zero-order chi connectivity index (χ0) is 17.6. The van der Waals surface area contributed by atoms with Crippen LogP contribution in [0.15, 0.2) is 29.3 Å². The third-order valence-electron chi connectivity index (χ3n) is 3.36. The zero-order valence-corrected chi connectivity index (χ0v) is 14.7. The van der Waals surface area contributed by atoms with E-state index in [1.54, 1.807) is 12.1 Å². The molecule has 1 aromatic carbocycles. The van der Waals surface area contributed by atoms with Crippen LogP contribution in [0.3, 0.4) is 0 Å². The summed E-state index contributed by atoms with van der Waals surface area (Å²) >= 11 is 0. The van der Waals surface area contributed by atoms with E-state index in [2.05, 4.69) is 33.8 Å². The average molecular weight is 328 g/mol. The Morgan fingerprint density at radius 2 is 2.04 bits per heavy atom. The van der Waals surface area contributed by atoms with Crippen molar-refractivity contribution < 1.29 is 4.79 Å². The van der Waals surface area contributed by atoms with Crippen molar-refractivity contribution in [1.82, 2.24) is 10.6 Å². The van der Waals surface area contributed by atoms with Gasteiger partial charge in [0.2, 0.25) is 5.91 Å². The van der Waals surface area contributed by atoms with Gasteiger partial charge >= 0.3 is 0 Å². The first-order chi connectivity index (χ1) is 11.7. The SMILES string of the molecule is C#Cc1cccc(NC(=O)CN=C(NCC)NCCCCCC)c1. The number of rotatable bonds is 9. The average Bonchev–Trinajstić information content (AvgIpc) is 2.59. The van der Waals surface area contributed by atoms with Crippen molar-refractivity contribution in [2.45, 2.75) is 39.5 Å². The maximum absolute atomic E-state index is 12.0. The summed E-state index contributed by atoms with van der Waals surface area (Å²) in [5.41, 5.74) is 1.42. The number of nitrogens with one attached hydrogen (secondary N) is 3. The summed E-state index contributed by atoms with van der Waals surface area (Å²) in [6.07, 6.45) is 10.1. The van der Waals surface area contributed by atoms with E-state index >= 15 is 0 Å². The number of benzene rings is 1. The number of nitrogens with zero attached hydrogens (tertiary/aromatic N) is 1. The number of terminal acetylenes is 1. The largest absolute Gasteiger partial charge is 0.357 e. The highest BCUT2D eigenvalue weighted by molar-refractivity contribution is 5.94. The topological polar surface area (TPSA) is 65.5 Å². The zero-order valence-electron chi connectivity index (χ0n) is 14.7. The number of aliphatic imine (C=N–C) groups is 1. The number of carbonyl (C=O) groups is 1. The van der Waals surface area contributed by atoms with E-state index in [4.69, 9.17) is 6.42 Å². The van der Waals surface area contributed by atoms with Gasteiger partial charge in [0.15, 0.2) is 5.96 Å². The van der Waals surface area contributed by atoms with E-state index in [0.717, 1.165) is 25.1 Å².